The SMILES string of the molecule is CC1(C)c2ccccc2-c2c(N(c3ccc(-c4ccc5ccccc5c4)cc3)c3cccc4c3oc3ccccc34)cc3ccccc3c21. The number of furan rings is 1. The fourth-order valence-corrected chi connectivity index (χ4v) is 8.30. The van der Waals surface area contributed by atoms with Gasteiger partial charge in [0.1, 0.15) is 5.58 Å². The van der Waals surface area contributed by atoms with Crippen molar-refractivity contribution in [1.29, 1.82) is 0 Å². The first-order valence-electron chi connectivity index (χ1n) is 17.0. The Kier molecular flexibility index (Phi) is 5.95. The number of hydrogen-bond acceptors (Lipinski definition) is 2. The first-order valence-corrected chi connectivity index (χ1v) is 17.0. The van der Waals surface area contributed by atoms with Gasteiger partial charge in [-0.2, -0.15) is 0 Å². The fraction of sp³-hybridized carbons (Fsp3) is 0.0638. The lowest BCUT2D eigenvalue weighted by Crippen LogP contribution is -2.17. The van der Waals surface area contributed by atoms with E-state index in [1.165, 1.54) is 54.9 Å². The molecule has 1 aromatic heterocycles. The van der Waals surface area contributed by atoms with Crippen LogP contribution in [0.5, 0.6) is 0 Å². The Balaban J connectivity index is 1.26. The van der Waals surface area contributed by atoms with Crippen molar-refractivity contribution in [2.75, 3.05) is 4.90 Å². The zero-order chi connectivity index (χ0) is 32.7. The maximum atomic E-state index is 6.72. The lowest BCUT2D eigenvalue weighted by molar-refractivity contribution is 0.666. The highest BCUT2D eigenvalue weighted by atomic mass is 16.3. The Hall–Kier alpha value is -6.12. The summed E-state index contributed by atoms with van der Waals surface area (Å²) in [5.41, 5.74) is 12.6. The van der Waals surface area contributed by atoms with Crippen LogP contribution in [0.25, 0.3) is 65.7 Å². The molecule has 2 heteroatoms. The highest BCUT2D eigenvalue weighted by Gasteiger charge is 2.39. The molecule has 0 saturated heterocycles. The van der Waals surface area contributed by atoms with Crippen LogP contribution in [0.3, 0.4) is 0 Å². The molecular weight excluding hydrogens is 595 g/mol. The summed E-state index contributed by atoms with van der Waals surface area (Å²) in [6.07, 6.45) is 0. The van der Waals surface area contributed by atoms with E-state index >= 15 is 0 Å². The Morgan fingerprint density at radius 1 is 0.490 bits per heavy atom. The third-order valence-electron chi connectivity index (χ3n) is 10.6. The summed E-state index contributed by atoms with van der Waals surface area (Å²) in [6.45, 7) is 4.74. The van der Waals surface area contributed by atoms with Gasteiger partial charge in [-0.3, -0.25) is 0 Å². The van der Waals surface area contributed by atoms with Crippen molar-refractivity contribution >= 4 is 60.5 Å². The average molecular weight is 628 g/mol. The van der Waals surface area contributed by atoms with Gasteiger partial charge in [0.25, 0.3) is 0 Å². The second kappa shape index (κ2) is 10.4. The van der Waals surface area contributed by atoms with Crippen LogP contribution in [0.1, 0.15) is 25.0 Å². The second-order valence-corrected chi connectivity index (χ2v) is 13.7. The number of fused-ring (bicyclic) bond motifs is 9. The van der Waals surface area contributed by atoms with Gasteiger partial charge in [-0.05, 0) is 85.8 Å². The molecule has 9 aromatic rings. The maximum absolute atomic E-state index is 6.72. The van der Waals surface area contributed by atoms with Gasteiger partial charge in [0.15, 0.2) is 5.58 Å². The van der Waals surface area contributed by atoms with Gasteiger partial charge >= 0.3 is 0 Å². The van der Waals surface area contributed by atoms with Gasteiger partial charge in [-0.15, -0.1) is 0 Å². The third kappa shape index (κ3) is 4.14. The summed E-state index contributed by atoms with van der Waals surface area (Å²) < 4.78 is 6.72. The summed E-state index contributed by atoms with van der Waals surface area (Å²) in [4.78, 5) is 2.43. The second-order valence-electron chi connectivity index (χ2n) is 13.7. The number of rotatable bonds is 4. The van der Waals surface area contributed by atoms with E-state index in [0.717, 1.165) is 39.0 Å². The minimum absolute atomic E-state index is 0.168. The van der Waals surface area contributed by atoms with E-state index in [1.54, 1.807) is 0 Å². The molecule has 0 N–H and O–H groups in total. The Bertz CT molecular complexity index is 2750. The zero-order valence-corrected chi connectivity index (χ0v) is 27.4. The standard InChI is InChI=1S/C47H33NO/c1-47(2)40-19-9-7-17-39(40)44-42(29-34-14-5-6-15-36(34)45(44)47)48(41-20-11-18-38-37-16-8-10-21-43(37)49-46(38)41)35-26-24-31(25-27-35)33-23-22-30-12-3-4-13-32(30)28-33/h3-29H,1-2H3. The van der Waals surface area contributed by atoms with Crippen LogP contribution in [-0.4, -0.2) is 0 Å². The molecule has 1 aliphatic carbocycles. The van der Waals surface area contributed by atoms with Crippen molar-refractivity contribution in [2.45, 2.75) is 19.3 Å². The molecule has 0 aliphatic heterocycles. The van der Waals surface area contributed by atoms with E-state index in [4.69, 9.17) is 4.42 Å². The molecule has 10 rings (SSSR count). The molecule has 49 heavy (non-hydrogen) atoms. The molecule has 232 valence electrons. The lowest BCUT2D eigenvalue weighted by Gasteiger charge is -2.30. The van der Waals surface area contributed by atoms with Crippen LogP contribution in [0, 0.1) is 0 Å². The van der Waals surface area contributed by atoms with Crippen LogP contribution >= 0.6 is 0 Å². The molecule has 8 aromatic carbocycles. The van der Waals surface area contributed by atoms with Crippen molar-refractivity contribution in [3.05, 3.63) is 175 Å². The monoisotopic (exact) mass is 627 g/mol. The van der Waals surface area contributed by atoms with Gasteiger partial charge in [0.05, 0.1) is 11.4 Å². The first-order chi connectivity index (χ1) is 24.1. The molecule has 0 saturated carbocycles. The van der Waals surface area contributed by atoms with Gasteiger partial charge in [-0.1, -0.05) is 141 Å². The summed E-state index contributed by atoms with van der Waals surface area (Å²) in [7, 11) is 0. The third-order valence-corrected chi connectivity index (χ3v) is 10.6. The van der Waals surface area contributed by atoms with Gasteiger partial charge in [0, 0.05) is 27.4 Å². The molecule has 0 amide bonds. The highest BCUT2D eigenvalue weighted by molar-refractivity contribution is 6.12. The molecule has 1 aliphatic rings. The summed E-state index contributed by atoms with van der Waals surface area (Å²) in [6, 6.07) is 59.4. The van der Waals surface area contributed by atoms with E-state index < -0.39 is 0 Å². The molecule has 2 nitrogen and oxygen atoms in total. The molecule has 0 atom stereocenters. The van der Waals surface area contributed by atoms with E-state index in [9.17, 15) is 0 Å². The van der Waals surface area contributed by atoms with Crippen molar-refractivity contribution in [2.24, 2.45) is 0 Å². The van der Waals surface area contributed by atoms with Crippen LogP contribution < -0.4 is 4.90 Å². The van der Waals surface area contributed by atoms with Gasteiger partial charge in [-0.25, -0.2) is 0 Å². The van der Waals surface area contributed by atoms with Crippen molar-refractivity contribution in [3.63, 3.8) is 0 Å². The quantitative estimate of drug-likeness (QED) is 0.193. The summed E-state index contributed by atoms with van der Waals surface area (Å²) in [5.74, 6) is 0. The fourth-order valence-electron chi connectivity index (χ4n) is 8.30. The summed E-state index contributed by atoms with van der Waals surface area (Å²) in [5, 5.41) is 7.27. The number of benzene rings is 8. The Labute approximate surface area is 285 Å². The Morgan fingerprint density at radius 2 is 1.16 bits per heavy atom. The molecule has 1 heterocycles. The largest absolute Gasteiger partial charge is 0.454 e. The Morgan fingerprint density at radius 3 is 2.02 bits per heavy atom. The first kappa shape index (κ1) is 27.9. The number of para-hydroxylation sites is 2. The number of nitrogens with zero attached hydrogens (tertiary/aromatic N) is 1. The van der Waals surface area contributed by atoms with Crippen LogP contribution in [0.2, 0.25) is 0 Å². The van der Waals surface area contributed by atoms with Crippen LogP contribution in [0.15, 0.2) is 168 Å². The van der Waals surface area contributed by atoms with Gasteiger partial charge in [0.2, 0.25) is 0 Å². The predicted molar refractivity (Wildman–Crippen MR) is 206 cm³/mol. The van der Waals surface area contributed by atoms with Crippen LogP contribution in [-0.2, 0) is 5.41 Å². The van der Waals surface area contributed by atoms with E-state index in [1.807, 2.05) is 6.07 Å². The van der Waals surface area contributed by atoms with Gasteiger partial charge < -0.3 is 9.32 Å². The molecule has 0 fully saturated rings. The number of anilines is 3. The zero-order valence-electron chi connectivity index (χ0n) is 27.4. The van der Waals surface area contributed by atoms with Crippen molar-refractivity contribution < 1.29 is 4.42 Å². The predicted octanol–water partition coefficient (Wildman–Crippen LogP) is 13.3. The van der Waals surface area contributed by atoms with E-state index in [0.29, 0.717) is 0 Å². The normalized spacial score (nSPS) is 13.3. The molecular formula is C47H33NO. The minimum Gasteiger partial charge on any atom is -0.454 e. The highest BCUT2D eigenvalue weighted by Crippen LogP contribution is 2.57. The van der Waals surface area contributed by atoms with Crippen molar-refractivity contribution in [1.82, 2.24) is 0 Å². The maximum Gasteiger partial charge on any atom is 0.159 e. The lowest BCUT2D eigenvalue weighted by atomic mass is 9.80. The molecule has 0 radical (unpaired) electrons. The van der Waals surface area contributed by atoms with E-state index in [-0.39, 0.29) is 5.41 Å². The minimum atomic E-state index is -0.168. The van der Waals surface area contributed by atoms with E-state index in [2.05, 4.69) is 176 Å². The molecule has 0 unspecified atom stereocenters. The topological polar surface area (TPSA) is 16.4 Å². The average Bonchev–Trinajstić information content (AvgIpc) is 3.65. The van der Waals surface area contributed by atoms with Crippen LogP contribution in [0.4, 0.5) is 17.1 Å². The summed E-state index contributed by atoms with van der Waals surface area (Å²) >= 11 is 0. The number of hydrogen-bond donors (Lipinski definition) is 0. The smallest absolute Gasteiger partial charge is 0.159 e. The molecule has 0 spiro atoms. The molecule has 0 bridgehead atoms. The van der Waals surface area contributed by atoms with Crippen molar-refractivity contribution in [3.8, 4) is 22.3 Å².